The number of fused-ring (bicyclic) bond motifs is 3. The molecule has 2 aliphatic rings. The van der Waals surface area contributed by atoms with E-state index in [2.05, 4.69) is 15.6 Å². The first-order chi connectivity index (χ1) is 11.8. The van der Waals surface area contributed by atoms with Gasteiger partial charge in [-0.2, -0.15) is 0 Å². The summed E-state index contributed by atoms with van der Waals surface area (Å²) in [5, 5.41) is 1.93. The fraction of sp³-hybridized carbons (Fsp3) is 0.312. The molecule has 0 bridgehead atoms. The molecule has 3 aromatic rings. The van der Waals surface area contributed by atoms with Crippen LogP contribution in [0.5, 0.6) is 0 Å². The largest absolute Gasteiger partial charge is 0.385 e. The molecule has 1 aliphatic carbocycles. The van der Waals surface area contributed by atoms with Gasteiger partial charge in [0.2, 0.25) is 0 Å². The number of aryl methyl sites for hydroxylation is 1. The summed E-state index contributed by atoms with van der Waals surface area (Å²) in [4.78, 5) is 27.3. The van der Waals surface area contributed by atoms with Gasteiger partial charge in [-0.25, -0.2) is 9.97 Å². The SMILES string of the molecule is CCn1c(=O)c2c(C3=CN(C4CC4)NO3)ncn2c2cccnc21. The summed E-state index contributed by atoms with van der Waals surface area (Å²) in [6.45, 7) is 2.48. The monoisotopic (exact) mass is 324 g/mol. The van der Waals surface area contributed by atoms with Crippen molar-refractivity contribution < 1.29 is 4.84 Å². The lowest BCUT2D eigenvalue weighted by molar-refractivity contribution is 0.0421. The van der Waals surface area contributed by atoms with Crippen LogP contribution in [-0.2, 0) is 11.4 Å². The van der Waals surface area contributed by atoms with E-state index in [1.807, 2.05) is 30.3 Å². The normalized spacial score (nSPS) is 17.5. The third-order valence-electron chi connectivity index (χ3n) is 4.50. The summed E-state index contributed by atoms with van der Waals surface area (Å²) in [6.07, 6.45) is 7.51. The molecule has 0 atom stereocenters. The maximum absolute atomic E-state index is 13.0. The number of aromatic nitrogens is 4. The van der Waals surface area contributed by atoms with Crippen LogP contribution >= 0.6 is 0 Å². The molecule has 0 spiro atoms. The predicted octanol–water partition coefficient (Wildman–Crippen LogP) is 1.28. The molecule has 3 aromatic heterocycles. The van der Waals surface area contributed by atoms with E-state index in [9.17, 15) is 4.79 Å². The van der Waals surface area contributed by atoms with Gasteiger partial charge < -0.3 is 4.84 Å². The topological polar surface area (TPSA) is 76.7 Å². The van der Waals surface area contributed by atoms with Crippen LogP contribution in [0.1, 0.15) is 25.5 Å². The van der Waals surface area contributed by atoms with Crippen LogP contribution in [0, 0.1) is 0 Å². The van der Waals surface area contributed by atoms with Crippen LogP contribution in [0.3, 0.4) is 0 Å². The maximum atomic E-state index is 13.0. The molecule has 1 fully saturated rings. The highest BCUT2D eigenvalue weighted by Gasteiger charge is 2.33. The van der Waals surface area contributed by atoms with Gasteiger partial charge in [0.25, 0.3) is 5.56 Å². The molecule has 8 nitrogen and oxygen atoms in total. The molecule has 5 rings (SSSR count). The summed E-state index contributed by atoms with van der Waals surface area (Å²) < 4.78 is 3.45. The summed E-state index contributed by atoms with van der Waals surface area (Å²) in [7, 11) is 0. The van der Waals surface area contributed by atoms with Crippen molar-refractivity contribution >= 4 is 22.4 Å². The third-order valence-corrected chi connectivity index (χ3v) is 4.50. The fourth-order valence-corrected chi connectivity index (χ4v) is 3.14. The van der Waals surface area contributed by atoms with Gasteiger partial charge in [-0.15, -0.1) is 0 Å². The number of rotatable bonds is 3. The molecule has 122 valence electrons. The maximum Gasteiger partial charge on any atom is 0.278 e. The molecule has 0 radical (unpaired) electrons. The van der Waals surface area contributed by atoms with Gasteiger partial charge >= 0.3 is 0 Å². The highest BCUT2D eigenvalue weighted by molar-refractivity contribution is 5.80. The van der Waals surface area contributed by atoms with Crippen molar-refractivity contribution in [1.29, 1.82) is 0 Å². The Morgan fingerprint density at radius 2 is 2.25 bits per heavy atom. The van der Waals surface area contributed by atoms with Gasteiger partial charge in [-0.05, 0) is 31.9 Å². The highest BCUT2D eigenvalue weighted by atomic mass is 16.7. The Morgan fingerprint density at radius 3 is 3.04 bits per heavy atom. The molecular formula is C16H16N6O2. The first-order valence-corrected chi connectivity index (χ1v) is 8.05. The Kier molecular flexibility index (Phi) is 2.72. The van der Waals surface area contributed by atoms with Crippen molar-refractivity contribution in [2.75, 3.05) is 0 Å². The van der Waals surface area contributed by atoms with Gasteiger partial charge in [-0.1, -0.05) is 5.59 Å². The first-order valence-electron chi connectivity index (χ1n) is 8.05. The van der Waals surface area contributed by atoms with Crippen LogP contribution in [-0.4, -0.2) is 30.0 Å². The van der Waals surface area contributed by atoms with E-state index >= 15 is 0 Å². The van der Waals surface area contributed by atoms with E-state index < -0.39 is 0 Å². The minimum Gasteiger partial charge on any atom is -0.385 e. The zero-order valence-corrected chi connectivity index (χ0v) is 13.1. The van der Waals surface area contributed by atoms with E-state index in [0.717, 1.165) is 18.4 Å². The molecule has 8 heteroatoms. The Labute approximate surface area is 136 Å². The van der Waals surface area contributed by atoms with Crippen molar-refractivity contribution in [2.45, 2.75) is 32.4 Å². The summed E-state index contributed by atoms with van der Waals surface area (Å²) in [5.74, 6) is 0.562. The zero-order valence-electron chi connectivity index (χ0n) is 13.1. The van der Waals surface area contributed by atoms with Crippen LogP contribution < -0.4 is 11.1 Å². The molecule has 1 N–H and O–H groups in total. The van der Waals surface area contributed by atoms with E-state index in [4.69, 9.17) is 4.84 Å². The molecule has 1 saturated carbocycles. The Bertz CT molecular complexity index is 1050. The number of imidazole rings is 1. The highest BCUT2D eigenvalue weighted by Crippen LogP contribution is 2.31. The molecule has 1 aliphatic heterocycles. The van der Waals surface area contributed by atoms with Crippen molar-refractivity contribution in [1.82, 2.24) is 29.5 Å². The molecule has 0 amide bonds. The lowest BCUT2D eigenvalue weighted by Crippen LogP contribution is -2.29. The number of pyridine rings is 1. The van der Waals surface area contributed by atoms with E-state index in [1.165, 1.54) is 0 Å². The molecule has 0 unspecified atom stereocenters. The first kappa shape index (κ1) is 13.6. The van der Waals surface area contributed by atoms with E-state index in [-0.39, 0.29) is 5.56 Å². The average Bonchev–Trinajstić information content (AvgIpc) is 3.17. The standard InChI is InChI=1S/C16H16N6O2/c1-2-20-15-11(4-3-7-17-15)21-9-18-13(14(21)16(20)23)12-8-22(19-24-12)10-5-6-10/h3-4,7-10,19H,2,5-6H2,1H3. The van der Waals surface area contributed by atoms with Crippen LogP contribution in [0.25, 0.3) is 22.4 Å². The van der Waals surface area contributed by atoms with Crippen LogP contribution in [0.4, 0.5) is 0 Å². The van der Waals surface area contributed by atoms with Gasteiger partial charge in [0, 0.05) is 18.8 Å². The molecule has 0 aromatic carbocycles. The summed E-state index contributed by atoms with van der Waals surface area (Å²) in [5.41, 5.74) is 5.30. The zero-order chi connectivity index (χ0) is 16.3. The molecule has 24 heavy (non-hydrogen) atoms. The third kappa shape index (κ3) is 1.80. The van der Waals surface area contributed by atoms with E-state index in [0.29, 0.717) is 35.2 Å². The van der Waals surface area contributed by atoms with Crippen molar-refractivity contribution in [3.63, 3.8) is 0 Å². The minimum absolute atomic E-state index is 0.120. The summed E-state index contributed by atoms with van der Waals surface area (Å²) >= 11 is 0. The van der Waals surface area contributed by atoms with Crippen molar-refractivity contribution in [3.8, 4) is 0 Å². The Morgan fingerprint density at radius 1 is 1.38 bits per heavy atom. The van der Waals surface area contributed by atoms with Gasteiger partial charge in [0.05, 0.1) is 11.7 Å². The summed E-state index contributed by atoms with van der Waals surface area (Å²) in [6, 6.07) is 4.26. The average molecular weight is 324 g/mol. The van der Waals surface area contributed by atoms with Crippen molar-refractivity contribution in [2.24, 2.45) is 0 Å². The quantitative estimate of drug-likeness (QED) is 0.782. The van der Waals surface area contributed by atoms with Crippen LogP contribution in [0.2, 0.25) is 0 Å². The van der Waals surface area contributed by atoms with E-state index in [1.54, 1.807) is 21.5 Å². The second kappa shape index (κ2) is 4.81. The number of nitrogens with zero attached hydrogens (tertiary/aromatic N) is 5. The fourth-order valence-electron chi connectivity index (χ4n) is 3.14. The molecule has 4 heterocycles. The predicted molar refractivity (Wildman–Crippen MR) is 87.5 cm³/mol. The molecule has 0 saturated heterocycles. The molecular weight excluding hydrogens is 308 g/mol. The minimum atomic E-state index is -0.120. The van der Waals surface area contributed by atoms with Gasteiger partial charge in [0.1, 0.15) is 17.5 Å². The number of hydrazine groups is 1. The lowest BCUT2D eigenvalue weighted by Gasteiger charge is -2.10. The van der Waals surface area contributed by atoms with Gasteiger partial charge in [0.15, 0.2) is 11.4 Å². The number of hydrogen-bond donors (Lipinski definition) is 1. The second-order valence-corrected chi connectivity index (χ2v) is 6.03. The van der Waals surface area contributed by atoms with Crippen LogP contribution in [0.15, 0.2) is 35.7 Å². The van der Waals surface area contributed by atoms with Gasteiger partial charge in [-0.3, -0.25) is 18.8 Å². The lowest BCUT2D eigenvalue weighted by atomic mass is 10.3. The smallest absolute Gasteiger partial charge is 0.278 e. The second-order valence-electron chi connectivity index (χ2n) is 6.03. The number of nitrogens with one attached hydrogen (secondary N) is 1. The Balaban J connectivity index is 1.78. The number of hydrogen-bond acceptors (Lipinski definition) is 6. The Hall–Kier alpha value is -2.87. The van der Waals surface area contributed by atoms with Crippen molar-refractivity contribution in [3.05, 3.63) is 46.9 Å².